The molecule has 0 aliphatic carbocycles. The number of hydrogen-bond acceptors (Lipinski definition) is 6. The predicted octanol–water partition coefficient (Wildman–Crippen LogP) is 3.17. The van der Waals surface area contributed by atoms with Crippen LogP contribution in [-0.2, 0) is 4.79 Å². The van der Waals surface area contributed by atoms with Crippen LogP contribution < -0.4 is 14.8 Å². The SMILES string of the molecule is COc1ccc(/C=C2\SC(=O)N(CCNC(=O)c3ccc(OC)cc3)C2=O)cc1. The lowest BCUT2D eigenvalue weighted by molar-refractivity contribution is -0.122. The van der Waals surface area contributed by atoms with E-state index in [1.54, 1.807) is 56.7 Å². The van der Waals surface area contributed by atoms with Crippen LogP contribution in [0, 0.1) is 0 Å². The van der Waals surface area contributed by atoms with E-state index < -0.39 is 0 Å². The molecule has 0 aromatic heterocycles. The van der Waals surface area contributed by atoms with Gasteiger partial charge in [0.15, 0.2) is 0 Å². The van der Waals surface area contributed by atoms with Gasteiger partial charge in [-0.25, -0.2) is 0 Å². The first-order valence-corrected chi connectivity index (χ1v) is 9.65. The average molecular weight is 412 g/mol. The van der Waals surface area contributed by atoms with E-state index in [2.05, 4.69) is 5.32 Å². The molecule has 2 aromatic carbocycles. The molecule has 1 heterocycles. The molecule has 2 aromatic rings. The van der Waals surface area contributed by atoms with E-state index in [0.29, 0.717) is 22.0 Å². The number of nitrogens with zero attached hydrogens (tertiary/aromatic N) is 1. The first-order chi connectivity index (χ1) is 14.0. The van der Waals surface area contributed by atoms with E-state index in [1.807, 2.05) is 12.1 Å². The van der Waals surface area contributed by atoms with Gasteiger partial charge in [0, 0.05) is 18.7 Å². The van der Waals surface area contributed by atoms with Crippen molar-refractivity contribution in [3.05, 3.63) is 64.6 Å². The molecular weight excluding hydrogens is 392 g/mol. The fraction of sp³-hybridized carbons (Fsp3) is 0.190. The number of ether oxygens (including phenoxy) is 2. The largest absolute Gasteiger partial charge is 0.497 e. The van der Waals surface area contributed by atoms with E-state index in [0.717, 1.165) is 22.2 Å². The fourth-order valence-electron chi connectivity index (χ4n) is 2.67. The minimum atomic E-state index is -0.366. The van der Waals surface area contributed by atoms with E-state index in [-0.39, 0.29) is 30.1 Å². The monoisotopic (exact) mass is 412 g/mol. The van der Waals surface area contributed by atoms with Gasteiger partial charge in [0.1, 0.15) is 11.5 Å². The molecule has 7 nitrogen and oxygen atoms in total. The van der Waals surface area contributed by atoms with Crippen molar-refractivity contribution in [3.8, 4) is 11.5 Å². The van der Waals surface area contributed by atoms with Crippen molar-refractivity contribution in [2.24, 2.45) is 0 Å². The minimum Gasteiger partial charge on any atom is -0.497 e. The van der Waals surface area contributed by atoms with Crippen molar-refractivity contribution in [3.63, 3.8) is 0 Å². The summed E-state index contributed by atoms with van der Waals surface area (Å²) in [5.74, 6) is 0.716. The number of amides is 3. The number of carbonyl (C=O) groups excluding carboxylic acids is 3. The van der Waals surface area contributed by atoms with Gasteiger partial charge in [-0.1, -0.05) is 12.1 Å². The summed E-state index contributed by atoms with van der Waals surface area (Å²) in [6.07, 6.45) is 1.67. The van der Waals surface area contributed by atoms with Crippen LogP contribution in [0.5, 0.6) is 11.5 Å². The molecule has 0 atom stereocenters. The first kappa shape index (κ1) is 20.5. The fourth-order valence-corrected chi connectivity index (χ4v) is 3.54. The first-order valence-electron chi connectivity index (χ1n) is 8.83. The second kappa shape index (κ2) is 9.29. The van der Waals surface area contributed by atoms with Crippen LogP contribution in [0.15, 0.2) is 53.4 Å². The van der Waals surface area contributed by atoms with E-state index in [9.17, 15) is 14.4 Å². The molecule has 1 N–H and O–H groups in total. The molecule has 1 saturated heterocycles. The molecule has 29 heavy (non-hydrogen) atoms. The lowest BCUT2D eigenvalue weighted by Gasteiger charge is -2.13. The van der Waals surface area contributed by atoms with Crippen LogP contribution in [0.1, 0.15) is 15.9 Å². The van der Waals surface area contributed by atoms with Crippen molar-refractivity contribution in [1.29, 1.82) is 0 Å². The Labute approximate surface area is 172 Å². The summed E-state index contributed by atoms with van der Waals surface area (Å²) in [4.78, 5) is 38.4. The van der Waals surface area contributed by atoms with Gasteiger partial charge in [-0.15, -0.1) is 0 Å². The zero-order chi connectivity index (χ0) is 20.8. The number of rotatable bonds is 7. The molecular formula is C21H20N2O5S. The van der Waals surface area contributed by atoms with Crippen molar-refractivity contribution < 1.29 is 23.9 Å². The molecule has 3 amide bonds. The van der Waals surface area contributed by atoms with Crippen molar-refractivity contribution >= 4 is 34.9 Å². The zero-order valence-electron chi connectivity index (χ0n) is 16.0. The second-order valence-corrected chi connectivity index (χ2v) is 7.08. The van der Waals surface area contributed by atoms with Gasteiger partial charge in [0.05, 0.1) is 19.1 Å². The second-order valence-electron chi connectivity index (χ2n) is 6.09. The summed E-state index contributed by atoms with van der Waals surface area (Å²) in [5, 5.41) is 2.36. The number of hydrogen-bond donors (Lipinski definition) is 1. The number of imide groups is 1. The highest BCUT2D eigenvalue weighted by Gasteiger charge is 2.34. The van der Waals surface area contributed by atoms with Crippen molar-refractivity contribution in [1.82, 2.24) is 10.2 Å². The highest BCUT2D eigenvalue weighted by Crippen LogP contribution is 2.32. The Morgan fingerprint density at radius 3 is 2.17 bits per heavy atom. The molecule has 0 radical (unpaired) electrons. The van der Waals surface area contributed by atoms with Crippen molar-refractivity contribution in [2.75, 3.05) is 27.3 Å². The Morgan fingerprint density at radius 2 is 1.59 bits per heavy atom. The van der Waals surface area contributed by atoms with Gasteiger partial charge in [-0.2, -0.15) is 0 Å². The highest BCUT2D eigenvalue weighted by molar-refractivity contribution is 8.18. The third-order valence-electron chi connectivity index (χ3n) is 4.26. The van der Waals surface area contributed by atoms with E-state index in [4.69, 9.17) is 9.47 Å². The molecule has 3 rings (SSSR count). The molecule has 0 saturated carbocycles. The zero-order valence-corrected chi connectivity index (χ0v) is 16.8. The van der Waals surface area contributed by atoms with Crippen LogP contribution in [0.2, 0.25) is 0 Å². The van der Waals surface area contributed by atoms with Gasteiger partial charge in [0.2, 0.25) is 0 Å². The number of thioether (sulfide) groups is 1. The quantitative estimate of drug-likeness (QED) is 0.703. The van der Waals surface area contributed by atoms with E-state index in [1.165, 1.54) is 0 Å². The van der Waals surface area contributed by atoms with Crippen molar-refractivity contribution in [2.45, 2.75) is 0 Å². The summed E-state index contributed by atoms with van der Waals surface area (Å²) in [5.41, 5.74) is 1.27. The Morgan fingerprint density at radius 1 is 1.00 bits per heavy atom. The molecule has 1 fully saturated rings. The molecule has 0 bridgehead atoms. The molecule has 1 aliphatic heterocycles. The van der Waals surface area contributed by atoms with Crippen LogP contribution in [-0.4, -0.2) is 49.3 Å². The van der Waals surface area contributed by atoms with Crippen LogP contribution in [0.25, 0.3) is 6.08 Å². The summed E-state index contributed by atoms with van der Waals surface area (Å²) in [6.45, 7) is 0.269. The standard InChI is InChI=1S/C21H20N2O5S/c1-27-16-7-3-14(4-8-16)13-18-20(25)23(21(26)29-18)12-11-22-19(24)15-5-9-17(28-2)10-6-15/h3-10,13H,11-12H2,1-2H3,(H,22,24)/b18-13-. The third-order valence-corrected chi connectivity index (χ3v) is 5.17. The van der Waals surface area contributed by atoms with Crippen LogP contribution >= 0.6 is 11.8 Å². The predicted molar refractivity (Wildman–Crippen MR) is 111 cm³/mol. The van der Waals surface area contributed by atoms with Gasteiger partial charge in [-0.3, -0.25) is 19.3 Å². The summed E-state index contributed by atoms with van der Waals surface area (Å²) in [7, 11) is 3.13. The van der Waals surface area contributed by atoms with Gasteiger partial charge in [-0.05, 0) is 59.8 Å². The number of nitrogens with one attached hydrogen (secondary N) is 1. The summed E-state index contributed by atoms with van der Waals surface area (Å²) < 4.78 is 10.2. The smallest absolute Gasteiger partial charge is 0.293 e. The summed E-state index contributed by atoms with van der Waals surface area (Å²) >= 11 is 0.887. The Bertz CT molecular complexity index is 939. The number of benzene rings is 2. The maximum Gasteiger partial charge on any atom is 0.293 e. The topological polar surface area (TPSA) is 84.9 Å². The minimum absolute atomic E-state index is 0.104. The maximum atomic E-state index is 12.5. The maximum absolute atomic E-state index is 12.5. The lowest BCUT2D eigenvalue weighted by atomic mass is 10.2. The Hall–Kier alpha value is -3.26. The third kappa shape index (κ3) is 4.97. The van der Waals surface area contributed by atoms with Gasteiger partial charge in [0.25, 0.3) is 17.1 Å². The number of methoxy groups -OCH3 is 2. The highest BCUT2D eigenvalue weighted by atomic mass is 32.2. The average Bonchev–Trinajstić information content (AvgIpc) is 3.01. The van der Waals surface area contributed by atoms with Crippen LogP contribution in [0.3, 0.4) is 0 Å². The lowest BCUT2D eigenvalue weighted by Crippen LogP contribution is -2.37. The van der Waals surface area contributed by atoms with E-state index >= 15 is 0 Å². The molecule has 1 aliphatic rings. The van der Waals surface area contributed by atoms with Gasteiger partial charge < -0.3 is 14.8 Å². The molecule has 8 heteroatoms. The normalized spacial score (nSPS) is 15.0. The summed E-state index contributed by atoms with van der Waals surface area (Å²) in [6, 6.07) is 13.8. The Balaban J connectivity index is 1.56. The van der Waals surface area contributed by atoms with Gasteiger partial charge >= 0.3 is 0 Å². The molecule has 150 valence electrons. The number of carbonyl (C=O) groups is 3. The molecule has 0 spiro atoms. The Kier molecular flexibility index (Phi) is 6.56. The molecule has 0 unspecified atom stereocenters. The van der Waals surface area contributed by atoms with Crippen LogP contribution in [0.4, 0.5) is 4.79 Å².